The topological polar surface area (TPSA) is 121 Å². The normalized spacial score (nSPS) is 18.0. The average Bonchev–Trinajstić information content (AvgIpc) is 3.07. The van der Waals surface area contributed by atoms with Crippen LogP contribution in [0.25, 0.3) is 11.1 Å². The number of amides is 3. The second-order valence-corrected chi connectivity index (χ2v) is 10.4. The molecule has 0 aromatic heterocycles. The number of rotatable bonds is 5. The number of carbonyl (C=O) groups excluding carboxylic acids is 3. The lowest BCUT2D eigenvalue weighted by atomic mass is 9.97. The van der Waals surface area contributed by atoms with Crippen LogP contribution >= 0.6 is 0 Å². The smallest absolute Gasteiger partial charge is 0.410 e. The van der Waals surface area contributed by atoms with Crippen molar-refractivity contribution >= 4 is 17.9 Å². The van der Waals surface area contributed by atoms with Crippen molar-refractivity contribution in [1.29, 1.82) is 5.26 Å². The molecule has 2 N–H and O–H groups in total. The minimum absolute atomic E-state index is 0.0131. The van der Waals surface area contributed by atoms with E-state index in [1.165, 1.54) is 11.0 Å². The van der Waals surface area contributed by atoms with Gasteiger partial charge >= 0.3 is 6.09 Å². The van der Waals surface area contributed by atoms with E-state index in [1.54, 1.807) is 39.0 Å². The number of ether oxygens (including phenoxy) is 2. The fourth-order valence-electron chi connectivity index (χ4n) is 4.37. The molecule has 4 rings (SSSR count). The van der Waals surface area contributed by atoms with Gasteiger partial charge in [0.15, 0.2) is 6.10 Å². The van der Waals surface area contributed by atoms with Gasteiger partial charge in [-0.15, -0.1) is 0 Å². The van der Waals surface area contributed by atoms with Crippen molar-refractivity contribution in [3.63, 3.8) is 0 Å². The van der Waals surface area contributed by atoms with E-state index in [0.717, 1.165) is 5.56 Å². The Morgan fingerprint density at radius 3 is 2.71 bits per heavy atom. The number of nitriles is 1. The molecule has 2 aromatic carbocycles. The molecule has 9 nitrogen and oxygen atoms in total. The Morgan fingerprint density at radius 2 is 2.00 bits per heavy atom. The summed E-state index contributed by atoms with van der Waals surface area (Å²) < 4.78 is 26.1. The molecule has 1 saturated heterocycles. The van der Waals surface area contributed by atoms with Gasteiger partial charge in [-0.2, -0.15) is 5.26 Å². The molecule has 2 atom stereocenters. The molecular weight excluding hydrogens is 491 g/mol. The Hall–Kier alpha value is -3.97. The van der Waals surface area contributed by atoms with Gasteiger partial charge in [0.1, 0.15) is 17.5 Å². The first kappa shape index (κ1) is 27.1. The molecule has 2 aliphatic heterocycles. The van der Waals surface area contributed by atoms with Crippen LogP contribution in [0.15, 0.2) is 36.4 Å². The fourth-order valence-corrected chi connectivity index (χ4v) is 4.37. The van der Waals surface area contributed by atoms with Crippen LogP contribution in [0.4, 0.5) is 9.18 Å². The summed E-state index contributed by atoms with van der Waals surface area (Å²) in [5.74, 6) is -1.23. The van der Waals surface area contributed by atoms with Gasteiger partial charge in [0, 0.05) is 31.7 Å². The summed E-state index contributed by atoms with van der Waals surface area (Å²) in [5, 5.41) is 15.0. The zero-order valence-corrected chi connectivity index (χ0v) is 21.7. The van der Waals surface area contributed by atoms with E-state index >= 15 is 4.39 Å². The minimum Gasteiger partial charge on any atom is -0.444 e. The number of nitrogens with zero attached hydrogens (tertiary/aromatic N) is 2. The van der Waals surface area contributed by atoms with Crippen molar-refractivity contribution in [2.75, 3.05) is 19.7 Å². The highest BCUT2D eigenvalue weighted by Gasteiger charge is 2.31. The third-order valence-corrected chi connectivity index (χ3v) is 6.30. The van der Waals surface area contributed by atoms with Crippen LogP contribution in [0.3, 0.4) is 0 Å². The van der Waals surface area contributed by atoms with Crippen molar-refractivity contribution in [3.8, 4) is 17.2 Å². The van der Waals surface area contributed by atoms with Crippen LogP contribution in [-0.2, 0) is 27.2 Å². The van der Waals surface area contributed by atoms with Crippen LogP contribution in [0.1, 0.15) is 48.7 Å². The summed E-state index contributed by atoms with van der Waals surface area (Å²) in [4.78, 5) is 38.8. The van der Waals surface area contributed by atoms with Crippen LogP contribution in [0.5, 0.6) is 0 Å². The highest BCUT2D eigenvalue weighted by molar-refractivity contribution is 5.99. The van der Waals surface area contributed by atoms with E-state index in [2.05, 4.69) is 10.6 Å². The number of carbonyl (C=O) groups is 3. The molecule has 2 aromatic rings. The maximum atomic E-state index is 15.0. The van der Waals surface area contributed by atoms with E-state index in [9.17, 15) is 19.6 Å². The molecule has 2 heterocycles. The minimum atomic E-state index is -1.01. The molecule has 0 aliphatic carbocycles. The zero-order valence-electron chi connectivity index (χ0n) is 21.7. The largest absolute Gasteiger partial charge is 0.444 e. The Labute approximate surface area is 220 Å². The first-order valence-electron chi connectivity index (χ1n) is 12.5. The summed E-state index contributed by atoms with van der Waals surface area (Å²) in [6, 6.07) is 11.1. The van der Waals surface area contributed by atoms with E-state index in [-0.39, 0.29) is 31.0 Å². The van der Waals surface area contributed by atoms with Gasteiger partial charge in [-0.1, -0.05) is 24.3 Å². The Morgan fingerprint density at radius 1 is 1.26 bits per heavy atom. The second-order valence-electron chi connectivity index (χ2n) is 10.4. The number of fused-ring (bicyclic) bond motifs is 1. The van der Waals surface area contributed by atoms with Gasteiger partial charge in [0.05, 0.1) is 12.6 Å². The molecule has 1 fully saturated rings. The average molecular weight is 523 g/mol. The molecule has 10 heteroatoms. The highest BCUT2D eigenvalue weighted by atomic mass is 19.1. The highest BCUT2D eigenvalue weighted by Crippen LogP contribution is 2.27. The van der Waals surface area contributed by atoms with Crippen LogP contribution in [0.2, 0.25) is 0 Å². The van der Waals surface area contributed by atoms with Crippen molar-refractivity contribution in [1.82, 2.24) is 15.5 Å². The van der Waals surface area contributed by atoms with E-state index in [0.29, 0.717) is 36.2 Å². The van der Waals surface area contributed by atoms with Crippen molar-refractivity contribution < 1.29 is 28.2 Å². The van der Waals surface area contributed by atoms with Gasteiger partial charge in [-0.3, -0.25) is 9.59 Å². The number of halogens is 1. The lowest BCUT2D eigenvalue weighted by molar-refractivity contribution is -0.133. The second kappa shape index (κ2) is 11.2. The standard InChI is InChI=1S/C28H31FN4O5/c1-28(2,3)38-27(36)33-9-4-10-37-24(16-33)26(35)32-21(14-30)11-19-7-5-18(13-23(19)29)17-6-8-20-15-31-25(34)22(20)12-17/h5-8,12-13,21,24H,4,9-11,15-16H2,1-3H3,(H,31,34)(H,32,35)/t21-,24?/m0/s1. The number of hydrogen-bond donors (Lipinski definition) is 2. The third kappa shape index (κ3) is 6.47. The third-order valence-electron chi connectivity index (χ3n) is 6.30. The van der Waals surface area contributed by atoms with Crippen molar-refractivity contribution in [2.24, 2.45) is 0 Å². The van der Waals surface area contributed by atoms with Crippen molar-refractivity contribution in [2.45, 2.75) is 57.9 Å². The summed E-state index contributed by atoms with van der Waals surface area (Å²) in [5.41, 5.74) is 2.36. The van der Waals surface area contributed by atoms with Crippen molar-refractivity contribution in [3.05, 3.63) is 58.9 Å². The van der Waals surface area contributed by atoms with Crippen LogP contribution in [-0.4, -0.2) is 60.3 Å². The predicted octanol–water partition coefficient (Wildman–Crippen LogP) is 3.31. The summed E-state index contributed by atoms with van der Waals surface area (Å²) in [6.07, 6.45) is -1.03. The molecule has 3 amide bonds. The molecule has 2 aliphatic rings. The number of nitrogens with one attached hydrogen (secondary N) is 2. The Balaban J connectivity index is 1.40. The zero-order chi connectivity index (χ0) is 27.4. The molecule has 38 heavy (non-hydrogen) atoms. The lowest BCUT2D eigenvalue weighted by Crippen LogP contribution is -2.48. The maximum absolute atomic E-state index is 15.0. The molecule has 0 saturated carbocycles. The molecule has 0 radical (unpaired) electrons. The summed E-state index contributed by atoms with van der Waals surface area (Å²) >= 11 is 0. The predicted molar refractivity (Wildman–Crippen MR) is 136 cm³/mol. The molecule has 0 spiro atoms. The van der Waals surface area contributed by atoms with Crippen LogP contribution < -0.4 is 10.6 Å². The number of hydrogen-bond acceptors (Lipinski definition) is 6. The Kier molecular flexibility index (Phi) is 7.97. The Bertz CT molecular complexity index is 1280. The number of benzene rings is 2. The molecular formula is C28H31FN4O5. The van der Waals surface area contributed by atoms with Gasteiger partial charge < -0.3 is 25.0 Å². The first-order valence-corrected chi connectivity index (χ1v) is 12.5. The van der Waals surface area contributed by atoms with E-state index in [1.807, 2.05) is 18.2 Å². The van der Waals surface area contributed by atoms with Crippen LogP contribution in [0, 0.1) is 17.1 Å². The molecule has 0 bridgehead atoms. The molecule has 200 valence electrons. The first-order chi connectivity index (χ1) is 18.0. The maximum Gasteiger partial charge on any atom is 0.410 e. The quantitative estimate of drug-likeness (QED) is 0.622. The van der Waals surface area contributed by atoms with E-state index in [4.69, 9.17) is 9.47 Å². The lowest BCUT2D eigenvalue weighted by Gasteiger charge is -2.27. The monoisotopic (exact) mass is 522 g/mol. The molecule has 1 unspecified atom stereocenters. The van der Waals surface area contributed by atoms with Gasteiger partial charge in [0.25, 0.3) is 11.8 Å². The summed E-state index contributed by atoms with van der Waals surface area (Å²) in [7, 11) is 0. The van der Waals surface area contributed by atoms with E-state index < -0.39 is 35.6 Å². The SMILES string of the molecule is CC(C)(C)OC(=O)N1CCCOC(C(=O)N[C@H](C#N)Cc2ccc(-c3ccc4c(c3)C(=O)NC4)cc2F)C1. The van der Waals surface area contributed by atoms with Gasteiger partial charge in [0.2, 0.25) is 0 Å². The van der Waals surface area contributed by atoms with Gasteiger partial charge in [-0.05, 0) is 61.6 Å². The summed E-state index contributed by atoms with van der Waals surface area (Å²) in [6.45, 7) is 6.40. The fraction of sp³-hybridized carbons (Fsp3) is 0.429. The van der Waals surface area contributed by atoms with Gasteiger partial charge in [-0.25, -0.2) is 9.18 Å².